The molecule has 2 heterocycles. The number of rotatable bonds is 3. The summed E-state index contributed by atoms with van der Waals surface area (Å²) in [6, 6.07) is 5.84. The van der Waals surface area contributed by atoms with Crippen LogP contribution in [0.2, 0.25) is 0 Å². The van der Waals surface area contributed by atoms with Gasteiger partial charge >= 0.3 is 10.2 Å². The summed E-state index contributed by atoms with van der Waals surface area (Å²) in [5.74, 6) is 0. The second kappa shape index (κ2) is 5.71. The van der Waals surface area contributed by atoms with E-state index in [0.29, 0.717) is 13.1 Å². The summed E-state index contributed by atoms with van der Waals surface area (Å²) in [7, 11) is -3.41. The largest absolute Gasteiger partial charge is 0.312 e. The molecule has 5 nitrogen and oxygen atoms in total. The third-order valence-electron chi connectivity index (χ3n) is 4.03. The first kappa shape index (κ1) is 13.9. The summed E-state index contributed by atoms with van der Waals surface area (Å²) in [6.07, 6.45) is 3.90. The molecule has 2 aliphatic rings. The first-order valence-electron chi connectivity index (χ1n) is 7.26. The minimum atomic E-state index is -3.41. The number of hydrogen-bond acceptors (Lipinski definition) is 3. The molecule has 0 bridgehead atoms. The number of anilines is 1. The zero-order valence-electron chi connectivity index (χ0n) is 11.6. The van der Waals surface area contributed by atoms with E-state index in [1.807, 2.05) is 12.1 Å². The van der Waals surface area contributed by atoms with Gasteiger partial charge in [0.05, 0.1) is 5.69 Å². The first-order chi connectivity index (χ1) is 9.67. The highest BCUT2D eigenvalue weighted by molar-refractivity contribution is 7.90. The highest BCUT2D eigenvalue weighted by atomic mass is 32.2. The smallest absolute Gasteiger partial charge is 0.301 e. The van der Waals surface area contributed by atoms with Crippen LogP contribution in [-0.2, 0) is 23.2 Å². The zero-order valence-corrected chi connectivity index (χ0v) is 12.4. The molecular weight excluding hydrogens is 274 g/mol. The Labute approximate surface area is 120 Å². The van der Waals surface area contributed by atoms with Gasteiger partial charge in [0.1, 0.15) is 0 Å². The fourth-order valence-electron chi connectivity index (χ4n) is 2.94. The average Bonchev–Trinajstić information content (AvgIpc) is 2.48. The van der Waals surface area contributed by atoms with E-state index in [-0.39, 0.29) is 0 Å². The number of piperidine rings is 1. The number of fused-ring (bicyclic) bond motifs is 1. The molecule has 0 unspecified atom stereocenters. The number of benzene rings is 1. The Morgan fingerprint density at radius 2 is 1.95 bits per heavy atom. The molecule has 6 heteroatoms. The maximum atomic E-state index is 12.4. The average molecular weight is 295 g/mol. The van der Waals surface area contributed by atoms with Gasteiger partial charge in [-0.2, -0.15) is 12.7 Å². The van der Waals surface area contributed by atoms with Crippen LogP contribution in [-0.4, -0.2) is 32.4 Å². The predicted octanol–water partition coefficient (Wildman–Crippen LogP) is 1.47. The standard InChI is InChI=1S/C14H21N3O2S/c18-20(19,17-9-2-1-3-10-17)16-14-6-4-5-12-11-15-8-7-13(12)14/h4-6,15-16H,1-3,7-11H2. The lowest BCUT2D eigenvalue weighted by Gasteiger charge is -2.27. The van der Waals surface area contributed by atoms with Crippen LogP contribution in [0.1, 0.15) is 30.4 Å². The van der Waals surface area contributed by atoms with Gasteiger partial charge in [0.2, 0.25) is 0 Å². The van der Waals surface area contributed by atoms with E-state index in [0.717, 1.165) is 50.0 Å². The Hall–Kier alpha value is -1.11. The van der Waals surface area contributed by atoms with Crippen molar-refractivity contribution in [1.82, 2.24) is 9.62 Å². The van der Waals surface area contributed by atoms with Gasteiger partial charge in [-0.05, 0) is 43.0 Å². The Morgan fingerprint density at radius 1 is 1.15 bits per heavy atom. The third-order valence-corrected chi connectivity index (χ3v) is 5.56. The molecule has 2 N–H and O–H groups in total. The third kappa shape index (κ3) is 2.82. The molecule has 0 aliphatic carbocycles. The van der Waals surface area contributed by atoms with Crippen LogP contribution < -0.4 is 10.0 Å². The summed E-state index contributed by atoms with van der Waals surface area (Å²) in [4.78, 5) is 0. The van der Waals surface area contributed by atoms with Crippen LogP contribution in [0.4, 0.5) is 5.69 Å². The molecule has 3 rings (SSSR count). The van der Waals surface area contributed by atoms with Gasteiger partial charge in [-0.3, -0.25) is 4.72 Å². The van der Waals surface area contributed by atoms with E-state index < -0.39 is 10.2 Å². The van der Waals surface area contributed by atoms with Crippen molar-refractivity contribution in [3.63, 3.8) is 0 Å². The Balaban J connectivity index is 1.83. The van der Waals surface area contributed by atoms with Crippen LogP contribution in [0.25, 0.3) is 0 Å². The van der Waals surface area contributed by atoms with Crippen molar-refractivity contribution in [3.05, 3.63) is 29.3 Å². The van der Waals surface area contributed by atoms with E-state index in [1.54, 1.807) is 4.31 Å². The topological polar surface area (TPSA) is 61.4 Å². The lowest BCUT2D eigenvalue weighted by atomic mass is 9.99. The molecule has 2 aliphatic heterocycles. The van der Waals surface area contributed by atoms with Crippen molar-refractivity contribution in [1.29, 1.82) is 0 Å². The van der Waals surface area contributed by atoms with Gasteiger partial charge in [0, 0.05) is 19.6 Å². The van der Waals surface area contributed by atoms with E-state index in [9.17, 15) is 8.42 Å². The molecule has 1 fully saturated rings. The summed E-state index contributed by atoms with van der Waals surface area (Å²) in [6.45, 7) is 2.97. The lowest BCUT2D eigenvalue weighted by molar-refractivity contribution is 0.349. The molecule has 0 atom stereocenters. The fraction of sp³-hybridized carbons (Fsp3) is 0.571. The van der Waals surface area contributed by atoms with Crippen molar-refractivity contribution >= 4 is 15.9 Å². The molecule has 0 amide bonds. The number of hydrogen-bond donors (Lipinski definition) is 2. The van der Waals surface area contributed by atoms with Gasteiger partial charge in [0.15, 0.2) is 0 Å². The molecule has 1 saturated heterocycles. The second-order valence-corrected chi connectivity index (χ2v) is 7.11. The second-order valence-electron chi connectivity index (χ2n) is 5.44. The number of nitrogens with one attached hydrogen (secondary N) is 2. The van der Waals surface area contributed by atoms with Gasteiger partial charge in [-0.15, -0.1) is 0 Å². The molecule has 0 aromatic heterocycles. The van der Waals surface area contributed by atoms with Crippen LogP contribution in [0.15, 0.2) is 18.2 Å². The van der Waals surface area contributed by atoms with Crippen LogP contribution in [0.5, 0.6) is 0 Å². The first-order valence-corrected chi connectivity index (χ1v) is 8.70. The summed E-state index contributed by atoms with van der Waals surface area (Å²) >= 11 is 0. The van der Waals surface area contributed by atoms with Crippen molar-refractivity contribution < 1.29 is 8.42 Å². The highest BCUT2D eigenvalue weighted by Gasteiger charge is 2.25. The van der Waals surface area contributed by atoms with Crippen molar-refractivity contribution in [2.45, 2.75) is 32.2 Å². The highest BCUT2D eigenvalue weighted by Crippen LogP contribution is 2.25. The summed E-state index contributed by atoms with van der Waals surface area (Å²) < 4.78 is 29.2. The van der Waals surface area contributed by atoms with Gasteiger partial charge in [-0.1, -0.05) is 18.6 Å². The maximum absolute atomic E-state index is 12.4. The van der Waals surface area contributed by atoms with Crippen LogP contribution in [0.3, 0.4) is 0 Å². The quantitative estimate of drug-likeness (QED) is 0.888. The monoisotopic (exact) mass is 295 g/mol. The normalized spacial score (nSPS) is 20.4. The van der Waals surface area contributed by atoms with Gasteiger partial charge in [0.25, 0.3) is 0 Å². The maximum Gasteiger partial charge on any atom is 0.301 e. The molecule has 0 saturated carbocycles. The molecule has 1 aromatic carbocycles. The van der Waals surface area contributed by atoms with Crippen molar-refractivity contribution in [2.24, 2.45) is 0 Å². The van der Waals surface area contributed by atoms with E-state index in [2.05, 4.69) is 16.1 Å². The minimum Gasteiger partial charge on any atom is -0.312 e. The minimum absolute atomic E-state index is 0.631. The van der Waals surface area contributed by atoms with Crippen LogP contribution >= 0.6 is 0 Å². The molecule has 0 spiro atoms. The molecule has 0 radical (unpaired) electrons. The SMILES string of the molecule is O=S(=O)(Nc1cccc2c1CCNC2)N1CCCCC1. The van der Waals surface area contributed by atoms with Crippen molar-refractivity contribution in [2.75, 3.05) is 24.4 Å². The van der Waals surface area contributed by atoms with Gasteiger partial charge < -0.3 is 5.32 Å². The fourth-order valence-corrected chi connectivity index (χ4v) is 4.27. The predicted molar refractivity (Wildman–Crippen MR) is 79.8 cm³/mol. The van der Waals surface area contributed by atoms with E-state index in [1.165, 1.54) is 5.56 Å². The van der Waals surface area contributed by atoms with Crippen molar-refractivity contribution in [3.8, 4) is 0 Å². The zero-order chi connectivity index (χ0) is 14.0. The van der Waals surface area contributed by atoms with E-state index >= 15 is 0 Å². The Kier molecular flexibility index (Phi) is 3.96. The van der Waals surface area contributed by atoms with Gasteiger partial charge in [-0.25, -0.2) is 0 Å². The summed E-state index contributed by atoms with van der Waals surface area (Å²) in [5.41, 5.74) is 3.07. The van der Waals surface area contributed by atoms with Crippen LogP contribution in [0, 0.1) is 0 Å². The Morgan fingerprint density at radius 3 is 2.75 bits per heavy atom. The summed E-state index contributed by atoms with van der Waals surface area (Å²) in [5, 5.41) is 3.31. The molecule has 20 heavy (non-hydrogen) atoms. The number of nitrogens with zero attached hydrogens (tertiary/aromatic N) is 1. The molecule has 1 aromatic rings. The molecule has 110 valence electrons. The Bertz CT molecular complexity index is 580. The van der Waals surface area contributed by atoms with E-state index in [4.69, 9.17) is 0 Å². The lowest BCUT2D eigenvalue weighted by Crippen LogP contribution is -2.39. The molecular formula is C14H21N3O2S.